The van der Waals surface area contributed by atoms with Crippen LogP contribution in [0.1, 0.15) is 20.3 Å². The minimum Gasteiger partial charge on any atom is -0.371 e. The summed E-state index contributed by atoms with van der Waals surface area (Å²) >= 11 is 0. The lowest BCUT2D eigenvalue weighted by molar-refractivity contribution is -0.125. The highest BCUT2D eigenvalue weighted by molar-refractivity contribution is 5.85. The Kier molecular flexibility index (Phi) is 9.51. The van der Waals surface area contributed by atoms with E-state index in [1.807, 2.05) is 13.8 Å². The topological polar surface area (TPSA) is 58.4 Å². The lowest BCUT2D eigenvalue weighted by Gasteiger charge is -2.20. The van der Waals surface area contributed by atoms with Crippen LogP contribution in [0.3, 0.4) is 0 Å². The predicted octanol–water partition coefficient (Wildman–Crippen LogP) is 2.60. The van der Waals surface area contributed by atoms with E-state index in [0.717, 1.165) is 25.2 Å². The molecule has 1 aliphatic heterocycles. The molecule has 0 spiro atoms. The summed E-state index contributed by atoms with van der Waals surface area (Å²) < 4.78 is 12.9. The van der Waals surface area contributed by atoms with Gasteiger partial charge >= 0.3 is 0 Å². The number of amides is 1. The van der Waals surface area contributed by atoms with E-state index in [1.165, 1.54) is 12.1 Å². The Labute approximate surface area is 149 Å². The van der Waals surface area contributed by atoms with Gasteiger partial charge in [-0.05, 0) is 43.5 Å². The molecule has 0 aliphatic carbocycles. The van der Waals surface area contributed by atoms with Gasteiger partial charge in [0.05, 0.1) is 0 Å². The zero-order valence-electron chi connectivity index (χ0n) is 13.5. The second-order valence-electron chi connectivity index (χ2n) is 5.97. The monoisotopic (exact) mass is 365 g/mol. The third-order valence-electron chi connectivity index (χ3n) is 4.24. The summed E-state index contributed by atoms with van der Waals surface area (Å²) in [6.07, 6.45) is 1.03. The summed E-state index contributed by atoms with van der Waals surface area (Å²) in [5, 5.41) is 2.98. The van der Waals surface area contributed by atoms with E-state index in [0.29, 0.717) is 12.5 Å². The summed E-state index contributed by atoms with van der Waals surface area (Å²) in [5.41, 5.74) is 6.77. The average Bonchev–Trinajstić information content (AvgIpc) is 2.93. The maximum absolute atomic E-state index is 12.9. The van der Waals surface area contributed by atoms with Crippen LogP contribution in [0.4, 0.5) is 10.1 Å². The van der Waals surface area contributed by atoms with Gasteiger partial charge in [0.25, 0.3) is 0 Å². The second kappa shape index (κ2) is 9.96. The third-order valence-corrected chi connectivity index (χ3v) is 4.24. The molecule has 23 heavy (non-hydrogen) atoms. The zero-order valence-corrected chi connectivity index (χ0v) is 15.1. The first-order valence-electron chi connectivity index (χ1n) is 7.51. The molecule has 1 saturated heterocycles. The van der Waals surface area contributed by atoms with Crippen LogP contribution in [-0.2, 0) is 4.79 Å². The van der Waals surface area contributed by atoms with Crippen LogP contribution in [0.5, 0.6) is 0 Å². The SMILES string of the molecule is CC(N)C(C)C(=O)NCC1CCN(c2ccc(F)cc2)C1.Cl.Cl. The minimum absolute atomic E-state index is 0. The van der Waals surface area contributed by atoms with E-state index >= 15 is 0 Å². The summed E-state index contributed by atoms with van der Waals surface area (Å²) in [4.78, 5) is 14.1. The molecule has 4 nitrogen and oxygen atoms in total. The molecule has 3 atom stereocenters. The maximum Gasteiger partial charge on any atom is 0.224 e. The van der Waals surface area contributed by atoms with Gasteiger partial charge in [-0.1, -0.05) is 6.92 Å². The van der Waals surface area contributed by atoms with Crippen molar-refractivity contribution in [3.8, 4) is 0 Å². The van der Waals surface area contributed by atoms with Crippen LogP contribution in [0.15, 0.2) is 24.3 Å². The Bertz CT molecular complexity index is 485. The molecule has 0 saturated carbocycles. The van der Waals surface area contributed by atoms with E-state index in [-0.39, 0.29) is 48.5 Å². The van der Waals surface area contributed by atoms with Crippen LogP contribution in [0.2, 0.25) is 0 Å². The number of carbonyl (C=O) groups is 1. The van der Waals surface area contributed by atoms with Crippen molar-refractivity contribution in [2.45, 2.75) is 26.3 Å². The lowest BCUT2D eigenvalue weighted by Crippen LogP contribution is -2.40. The smallest absolute Gasteiger partial charge is 0.224 e. The van der Waals surface area contributed by atoms with Crippen molar-refractivity contribution in [1.29, 1.82) is 0 Å². The summed E-state index contributed by atoms with van der Waals surface area (Å²) in [6, 6.07) is 6.43. The Hall–Kier alpha value is -1.04. The quantitative estimate of drug-likeness (QED) is 0.842. The van der Waals surface area contributed by atoms with Crippen molar-refractivity contribution in [3.63, 3.8) is 0 Å². The van der Waals surface area contributed by atoms with Gasteiger partial charge in [-0.15, -0.1) is 24.8 Å². The fourth-order valence-electron chi connectivity index (χ4n) is 2.53. The number of carbonyl (C=O) groups excluding carboxylic acids is 1. The number of hydrogen-bond donors (Lipinski definition) is 2. The van der Waals surface area contributed by atoms with Crippen molar-refractivity contribution in [2.75, 3.05) is 24.5 Å². The molecule has 132 valence electrons. The highest BCUT2D eigenvalue weighted by Gasteiger charge is 2.24. The van der Waals surface area contributed by atoms with Gasteiger partial charge in [-0.3, -0.25) is 4.79 Å². The van der Waals surface area contributed by atoms with E-state index in [9.17, 15) is 9.18 Å². The van der Waals surface area contributed by atoms with Gasteiger partial charge in [0, 0.05) is 37.3 Å². The first kappa shape index (κ1) is 22.0. The molecule has 3 N–H and O–H groups in total. The van der Waals surface area contributed by atoms with E-state index < -0.39 is 0 Å². The molecular weight excluding hydrogens is 340 g/mol. The van der Waals surface area contributed by atoms with Crippen molar-refractivity contribution < 1.29 is 9.18 Å². The Morgan fingerprint density at radius 1 is 1.35 bits per heavy atom. The fourth-order valence-corrected chi connectivity index (χ4v) is 2.53. The van der Waals surface area contributed by atoms with E-state index in [1.54, 1.807) is 12.1 Å². The average molecular weight is 366 g/mol. The summed E-state index contributed by atoms with van der Waals surface area (Å²) in [7, 11) is 0. The van der Waals surface area contributed by atoms with Gasteiger partial charge < -0.3 is 16.0 Å². The van der Waals surface area contributed by atoms with Crippen molar-refractivity contribution in [3.05, 3.63) is 30.1 Å². The normalized spacial score (nSPS) is 19.3. The largest absolute Gasteiger partial charge is 0.371 e. The van der Waals surface area contributed by atoms with Crippen molar-refractivity contribution in [2.24, 2.45) is 17.6 Å². The number of nitrogens with zero attached hydrogens (tertiary/aromatic N) is 1. The fraction of sp³-hybridized carbons (Fsp3) is 0.562. The van der Waals surface area contributed by atoms with Gasteiger partial charge in [0.1, 0.15) is 5.82 Å². The van der Waals surface area contributed by atoms with Crippen LogP contribution in [0, 0.1) is 17.7 Å². The number of benzene rings is 1. The number of halogens is 3. The first-order valence-corrected chi connectivity index (χ1v) is 7.51. The number of hydrogen-bond acceptors (Lipinski definition) is 3. The third kappa shape index (κ3) is 6.16. The highest BCUT2D eigenvalue weighted by atomic mass is 35.5. The number of nitrogens with one attached hydrogen (secondary N) is 1. The van der Waals surface area contributed by atoms with Gasteiger partial charge in [-0.2, -0.15) is 0 Å². The lowest BCUT2D eigenvalue weighted by atomic mass is 10.0. The van der Waals surface area contributed by atoms with E-state index in [2.05, 4.69) is 10.2 Å². The molecule has 1 aromatic carbocycles. The first-order chi connectivity index (χ1) is 9.97. The summed E-state index contributed by atoms with van der Waals surface area (Å²) in [6.45, 7) is 6.19. The van der Waals surface area contributed by atoms with Crippen LogP contribution in [0.25, 0.3) is 0 Å². The highest BCUT2D eigenvalue weighted by Crippen LogP contribution is 2.23. The minimum atomic E-state index is -0.216. The predicted molar refractivity (Wildman–Crippen MR) is 97.0 cm³/mol. The molecule has 1 aromatic rings. The van der Waals surface area contributed by atoms with Crippen molar-refractivity contribution >= 4 is 36.4 Å². The van der Waals surface area contributed by atoms with E-state index in [4.69, 9.17) is 5.73 Å². The molecule has 1 heterocycles. The van der Waals surface area contributed by atoms with Gasteiger partial charge in [0.15, 0.2) is 0 Å². The van der Waals surface area contributed by atoms with Crippen LogP contribution >= 0.6 is 24.8 Å². The number of anilines is 1. The van der Waals surface area contributed by atoms with Crippen LogP contribution in [-0.4, -0.2) is 31.6 Å². The molecule has 1 fully saturated rings. The van der Waals surface area contributed by atoms with Gasteiger partial charge in [0.2, 0.25) is 5.91 Å². The Balaban J connectivity index is 0.00000242. The zero-order chi connectivity index (χ0) is 15.4. The second-order valence-corrected chi connectivity index (χ2v) is 5.97. The Morgan fingerprint density at radius 2 is 1.96 bits per heavy atom. The molecule has 2 rings (SSSR count). The molecule has 0 bridgehead atoms. The standard InChI is InChI=1S/C16H24FN3O.2ClH/c1-11(12(2)18)16(21)19-9-13-7-8-20(10-13)15-5-3-14(17)4-6-15;;/h3-6,11-13H,7-10,18H2,1-2H3,(H,19,21);2*1H. The molecule has 0 aromatic heterocycles. The van der Waals surface area contributed by atoms with Gasteiger partial charge in [-0.25, -0.2) is 4.39 Å². The summed E-state index contributed by atoms with van der Waals surface area (Å²) in [5.74, 6) is 0.0655. The maximum atomic E-state index is 12.9. The molecule has 7 heteroatoms. The molecule has 3 unspecified atom stereocenters. The van der Waals surface area contributed by atoms with Crippen LogP contribution < -0.4 is 16.0 Å². The van der Waals surface area contributed by atoms with Crippen molar-refractivity contribution in [1.82, 2.24) is 5.32 Å². The molecule has 0 radical (unpaired) electrons. The molecule has 1 aliphatic rings. The number of rotatable bonds is 5. The molecular formula is C16H26Cl2FN3O. The Morgan fingerprint density at radius 3 is 2.52 bits per heavy atom. The molecule has 1 amide bonds. The number of nitrogens with two attached hydrogens (primary N) is 1.